The van der Waals surface area contributed by atoms with Crippen molar-refractivity contribution >= 4 is 16.9 Å². The lowest BCUT2D eigenvalue weighted by Gasteiger charge is -2.43. The van der Waals surface area contributed by atoms with Crippen LogP contribution in [0.5, 0.6) is 5.75 Å². The summed E-state index contributed by atoms with van der Waals surface area (Å²) in [5, 5.41) is 0.814. The molecule has 5 heteroatoms. The molecule has 1 saturated heterocycles. The number of carbonyl (C=O) groups excluding carboxylic acids is 1. The molecule has 0 N–H and O–H groups in total. The van der Waals surface area contributed by atoms with Gasteiger partial charge in [0.05, 0.1) is 18.3 Å². The van der Waals surface area contributed by atoms with Gasteiger partial charge in [-0.15, -0.1) is 0 Å². The molecule has 2 heterocycles. The van der Waals surface area contributed by atoms with Crippen LogP contribution < -0.4 is 4.74 Å². The minimum Gasteiger partial charge on any atom is -0.494 e. The molecule has 1 saturated carbocycles. The van der Waals surface area contributed by atoms with Gasteiger partial charge in [0, 0.05) is 36.6 Å². The van der Waals surface area contributed by atoms with Crippen LogP contribution in [0.4, 0.5) is 0 Å². The second-order valence-electron chi connectivity index (χ2n) is 9.07. The molecule has 1 aliphatic heterocycles. The Bertz CT molecular complexity index is 1110. The van der Waals surface area contributed by atoms with Gasteiger partial charge in [0.15, 0.2) is 0 Å². The molecule has 2 atom stereocenters. The molecule has 2 aliphatic rings. The van der Waals surface area contributed by atoms with Crippen LogP contribution in [0.2, 0.25) is 0 Å². The van der Waals surface area contributed by atoms with Crippen molar-refractivity contribution in [2.24, 2.45) is 5.41 Å². The zero-order chi connectivity index (χ0) is 22.1. The number of nitrogens with zero attached hydrogens (tertiary/aromatic N) is 1. The van der Waals surface area contributed by atoms with Gasteiger partial charge in [0.2, 0.25) is 0 Å². The van der Waals surface area contributed by atoms with E-state index in [0.29, 0.717) is 23.5 Å². The third-order valence-electron chi connectivity index (χ3n) is 7.22. The lowest BCUT2D eigenvalue weighted by molar-refractivity contribution is -0.0295. The van der Waals surface area contributed by atoms with E-state index in [-0.39, 0.29) is 17.4 Å². The molecule has 0 bridgehead atoms. The van der Waals surface area contributed by atoms with Gasteiger partial charge in [-0.25, -0.2) is 0 Å². The number of furan rings is 1. The van der Waals surface area contributed by atoms with Gasteiger partial charge in [-0.2, -0.15) is 0 Å². The number of carbonyl (C=O) groups is 1. The number of methoxy groups -OCH3 is 1. The summed E-state index contributed by atoms with van der Waals surface area (Å²) in [6, 6.07) is 15.6. The highest BCUT2D eigenvalue weighted by Crippen LogP contribution is 2.47. The van der Waals surface area contributed by atoms with Crippen molar-refractivity contribution in [1.82, 2.24) is 4.90 Å². The minimum absolute atomic E-state index is 0.0390. The van der Waals surface area contributed by atoms with Crippen molar-refractivity contribution in [3.63, 3.8) is 0 Å². The molecule has 1 aliphatic carbocycles. The molecular formula is C27H31NO4. The summed E-state index contributed by atoms with van der Waals surface area (Å²) in [5.41, 5.74) is 2.33. The normalized spacial score (nSPS) is 23.2. The van der Waals surface area contributed by atoms with Gasteiger partial charge in [-0.05, 0) is 50.8 Å². The summed E-state index contributed by atoms with van der Waals surface area (Å²) >= 11 is 0. The van der Waals surface area contributed by atoms with Gasteiger partial charge >= 0.3 is 0 Å². The highest BCUT2D eigenvalue weighted by atomic mass is 16.5. The Hall–Kier alpha value is -2.79. The summed E-state index contributed by atoms with van der Waals surface area (Å²) in [4.78, 5) is 16.1. The number of ether oxygens (including phenoxy) is 2. The molecule has 2 aromatic carbocycles. The van der Waals surface area contributed by atoms with Crippen LogP contribution in [-0.2, 0) is 4.74 Å². The Balaban J connectivity index is 1.58. The second-order valence-corrected chi connectivity index (χ2v) is 9.07. The summed E-state index contributed by atoms with van der Waals surface area (Å²) < 4.78 is 17.8. The maximum Gasteiger partial charge on any atom is 0.258 e. The lowest BCUT2D eigenvalue weighted by Crippen LogP contribution is -2.49. The molecule has 5 nitrogen and oxygen atoms in total. The smallest absolute Gasteiger partial charge is 0.258 e. The van der Waals surface area contributed by atoms with Gasteiger partial charge < -0.3 is 18.8 Å². The van der Waals surface area contributed by atoms with Crippen molar-refractivity contribution in [2.75, 3.05) is 26.8 Å². The summed E-state index contributed by atoms with van der Waals surface area (Å²) in [7, 11) is 1.81. The number of benzene rings is 2. The van der Waals surface area contributed by atoms with E-state index in [9.17, 15) is 4.79 Å². The van der Waals surface area contributed by atoms with Crippen LogP contribution in [0.25, 0.3) is 22.3 Å². The summed E-state index contributed by atoms with van der Waals surface area (Å²) in [5.74, 6) is 1.42. The number of hydrogen-bond acceptors (Lipinski definition) is 4. The monoisotopic (exact) mass is 433 g/mol. The summed E-state index contributed by atoms with van der Waals surface area (Å²) in [6.07, 6.45) is 5.75. The van der Waals surface area contributed by atoms with E-state index in [1.54, 1.807) is 0 Å². The number of fused-ring (bicyclic) bond motifs is 1. The first kappa shape index (κ1) is 21.1. The zero-order valence-electron chi connectivity index (χ0n) is 18.9. The number of piperidine rings is 1. The fraction of sp³-hybridized carbons (Fsp3) is 0.444. The van der Waals surface area contributed by atoms with Crippen molar-refractivity contribution in [3.8, 4) is 17.1 Å². The average Bonchev–Trinajstić information content (AvgIpc) is 3.40. The lowest BCUT2D eigenvalue weighted by atomic mass is 9.76. The van der Waals surface area contributed by atoms with Crippen molar-refractivity contribution in [2.45, 2.75) is 45.1 Å². The molecule has 2 fully saturated rings. The van der Waals surface area contributed by atoms with E-state index in [1.807, 2.05) is 67.5 Å². The quantitative estimate of drug-likeness (QED) is 0.501. The Morgan fingerprint density at radius 1 is 1.16 bits per heavy atom. The third kappa shape index (κ3) is 3.58. The molecule has 3 aromatic rings. The first-order chi connectivity index (χ1) is 15.6. The first-order valence-corrected chi connectivity index (χ1v) is 11.7. The molecular weight excluding hydrogens is 402 g/mol. The second kappa shape index (κ2) is 8.62. The van der Waals surface area contributed by atoms with E-state index in [4.69, 9.17) is 13.9 Å². The minimum atomic E-state index is 0.0390. The number of rotatable bonds is 5. The Morgan fingerprint density at radius 3 is 2.75 bits per heavy atom. The SMILES string of the molecule is CCOc1ccc2oc(-c3ccccc3)c(C(=O)N3CCC[C@]4(CCC[C@H]4OC)C3)c2c1. The maximum absolute atomic E-state index is 14.1. The fourth-order valence-electron chi connectivity index (χ4n) is 5.77. The number of likely N-dealkylation sites (tertiary alicyclic amines) is 1. The molecule has 0 unspecified atom stereocenters. The standard InChI is InChI=1S/C27H31NO4/c1-3-31-20-12-13-22-21(17-20)24(25(32-22)19-9-5-4-6-10-19)26(29)28-16-8-15-27(18-28)14-7-11-23(27)30-2/h4-6,9-10,12-13,17,23H,3,7-8,11,14-16,18H2,1-2H3/t23-,27-/m1/s1. The Kier molecular flexibility index (Phi) is 5.68. The largest absolute Gasteiger partial charge is 0.494 e. The Morgan fingerprint density at radius 2 is 1.97 bits per heavy atom. The molecule has 1 spiro atoms. The van der Waals surface area contributed by atoms with E-state index in [2.05, 4.69) is 0 Å². The van der Waals surface area contributed by atoms with Crippen molar-refractivity contribution in [3.05, 3.63) is 54.1 Å². The topological polar surface area (TPSA) is 51.9 Å². The van der Waals surface area contributed by atoms with Crippen LogP contribution in [0.1, 0.15) is 49.4 Å². The van der Waals surface area contributed by atoms with Crippen LogP contribution in [0.15, 0.2) is 52.9 Å². The van der Waals surface area contributed by atoms with Gasteiger partial charge in [0.1, 0.15) is 17.1 Å². The molecule has 5 rings (SSSR count). The molecule has 1 aromatic heterocycles. The van der Waals surface area contributed by atoms with E-state index >= 15 is 0 Å². The van der Waals surface area contributed by atoms with Crippen molar-refractivity contribution in [1.29, 1.82) is 0 Å². The zero-order valence-corrected chi connectivity index (χ0v) is 18.9. The highest BCUT2D eigenvalue weighted by Gasteiger charge is 2.47. The first-order valence-electron chi connectivity index (χ1n) is 11.7. The van der Waals surface area contributed by atoms with Crippen molar-refractivity contribution < 1.29 is 18.7 Å². The molecule has 1 amide bonds. The Labute approximate surface area is 189 Å². The number of hydrogen-bond donors (Lipinski definition) is 0. The predicted molar refractivity (Wildman–Crippen MR) is 125 cm³/mol. The predicted octanol–water partition coefficient (Wildman–Crippen LogP) is 5.92. The summed E-state index contributed by atoms with van der Waals surface area (Å²) in [6.45, 7) is 4.05. The number of amides is 1. The molecule has 168 valence electrons. The van der Waals surface area contributed by atoms with Gasteiger partial charge in [-0.3, -0.25) is 4.79 Å². The van der Waals surface area contributed by atoms with Gasteiger partial charge in [0.25, 0.3) is 5.91 Å². The maximum atomic E-state index is 14.1. The van der Waals surface area contributed by atoms with Crippen LogP contribution in [0, 0.1) is 5.41 Å². The van der Waals surface area contributed by atoms with Crippen LogP contribution >= 0.6 is 0 Å². The van der Waals surface area contributed by atoms with Crippen LogP contribution in [-0.4, -0.2) is 43.7 Å². The van der Waals surface area contributed by atoms with Crippen LogP contribution in [0.3, 0.4) is 0 Å². The average molecular weight is 434 g/mol. The van der Waals surface area contributed by atoms with E-state index in [0.717, 1.165) is 55.5 Å². The molecule has 32 heavy (non-hydrogen) atoms. The van der Waals surface area contributed by atoms with Gasteiger partial charge in [-0.1, -0.05) is 36.8 Å². The highest BCUT2D eigenvalue weighted by molar-refractivity contribution is 6.11. The molecule has 0 radical (unpaired) electrons. The third-order valence-corrected chi connectivity index (χ3v) is 7.22. The van der Waals surface area contributed by atoms with E-state index in [1.165, 1.54) is 6.42 Å². The van der Waals surface area contributed by atoms with E-state index < -0.39 is 0 Å². The fourth-order valence-corrected chi connectivity index (χ4v) is 5.77.